The Kier molecular flexibility index (Phi) is 5.19. The Morgan fingerprint density at radius 1 is 1.48 bits per heavy atom. The molecule has 2 rings (SSSR count). The molecule has 1 aromatic carbocycles. The average Bonchev–Trinajstić information content (AvgIpc) is 2.86. The van der Waals surface area contributed by atoms with Crippen LogP contribution in [0.4, 0.5) is 5.00 Å². The monoisotopic (exact) mass is 369 g/mol. The molecule has 0 fully saturated rings. The van der Waals surface area contributed by atoms with Gasteiger partial charge in [-0.25, -0.2) is 0 Å². The topological polar surface area (TPSA) is 63.2 Å². The maximum absolute atomic E-state index is 12.3. The zero-order valence-electron chi connectivity index (χ0n) is 12.0. The molecule has 0 aliphatic heterocycles. The van der Waals surface area contributed by atoms with Gasteiger partial charge in [-0.3, -0.25) is 4.79 Å². The molecule has 0 bridgehead atoms. The van der Waals surface area contributed by atoms with Gasteiger partial charge >= 0.3 is 0 Å². The molecule has 0 unspecified atom stereocenters. The first-order valence-electron chi connectivity index (χ1n) is 6.31. The van der Waals surface area contributed by atoms with E-state index in [2.05, 4.69) is 30.9 Å². The number of rotatable bonds is 5. The zero-order chi connectivity index (χ0) is 15.4. The minimum Gasteiger partial charge on any atom is -0.496 e. The summed E-state index contributed by atoms with van der Waals surface area (Å²) in [5, 5.41) is 6.67. The first-order chi connectivity index (χ1) is 10.1. The number of ether oxygens (including phenoxy) is 1. The van der Waals surface area contributed by atoms with Crippen molar-refractivity contribution < 1.29 is 9.53 Å². The Morgan fingerprint density at radius 2 is 2.24 bits per heavy atom. The van der Waals surface area contributed by atoms with Crippen LogP contribution in [0.3, 0.4) is 0 Å². The molecule has 1 aromatic heterocycles. The van der Waals surface area contributed by atoms with Gasteiger partial charge in [0.1, 0.15) is 10.8 Å². The molecule has 7 heteroatoms. The van der Waals surface area contributed by atoms with Gasteiger partial charge in [-0.1, -0.05) is 15.9 Å². The number of nitrogens with zero attached hydrogens (tertiary/aromatic N) is 1. The molecule has 0 saturated heterocycles. The van der Waals surface area contributed by atoms with Crippen LogP contribution in [0.15, 0.2) is 22.7 Å². The fraction of sp³-hybridized carbons (Fsp3) is 0.286. The summed E-state index contributed by atoms with van der Waals surface area (Å²) in [4.78, 5) is 12.3. The lowest BCUT2D eigenvalue weighted by Gasteiger charge is -2.11. The summed E-state index contributed by atoms with van der Waals surface area (Å²) < 4.78 is 10.4. The number of carbonyl (C=O) groups excluding carboxylic acids is 1. The number of aromatic nitrogens is 1. The second-order valence-corrected chi connectivity index (χ2v) is 6.05. The lowest BCUT2D eigenvalue weighted by molar-refractivity contribution is 0.0951. The van der Waals surface area contributed by atoms with Crippen molar-refractivity contribution in [3.8, 4) is 5.75 Å². The van der Waals surface area contributed by atoms with E-state index in [9.17, 15) is 4.79 Å². The van der Waals surface area contributed by atoms with Gasteiger partial charge in [0.25, 0.3) is 5.91 Å². The fourth-order valence-corrected chi connectivity index (χ4v) is 3.11. The van der Waals surface area contributed by atoms with Crippen molar-refractivity contribution in [1.82, 2.24) is 9.69 Å². The Labute approximate surface area is 136 Å². The molecule has 0 atom stereocenters. The number of halogens is 1. The molecule has 2 aromatic rings. The lowest BCUT2D eigenvalue weighted by atomic mass is 10.2. The highest BCUT2D eigenvalue weighted by atomic mass is 79.9. The number of anilines is 1. The van der Waals surface area contributed by atoms with Crippen LogP contribution in [-0.2, 0) is 6.54 Å². The molecule has 2 N–H and O–H groups in total. The van der Waals surface area contributed by atoms with Gasteiger partial charge in [-0.15, -0.1) is 0 Å². The van der Waals surface area contributed by atoms with Crippen LogP contribution in [0.1, 0.15) is 21.6 Å². The Hall–Kier alpha value is -1.60. The van der Waals surface area contributed by atoms with Crippen LogP contribution >= 0.6 is 27.5 Å². The fourth-order valence-electron chi connectivity index (χ4n) is 1.96. The van der Waals surface area contributed by atoms with Gasteiger partial charge < -0.3 is 15.4 Å². The number of benzene rings is 1. The molecule has 5 nitrogen and oxygen atoms in total. The molecular formula is C14H16BrN3O2S. The second kappa shape index (κ2) is 6.91. The molecule has 1 amide bonds. The zero-order valence-corrected chi connectivity index (χ0v) is 14.4. The van der Waals surface area contributed by atoms with Gasteiger partial charge in [0.15, 0.2) is 0 Å². The molecule has 112 valence electrons. The molecule has 21 heavy (non-hydrogen) atoms. The predicted octanol–water partition coefficient (Wildman–Crippen LogP) is 3.19. The van der Waals surface area contributed by atoms with E-state index in [4.69, 9.17) is 4.74 Å². The maximum Gasteiger partial charge on any atom is 0.256 e. The van der Waals surface area contributed by atoms with Crippen molar-refractivity contribution in [2.24, 2.45) is 0 Å². The van der Waals surface area contributed by atoms with Crippen molar-refractivity contribution in [2.45, 2.75) is 13.5 Å². The van der Waals surface area contributed by atoms with Crippen LogP contribution < -0.4 is 15.4 Å². The van der Waals surface area contributed by atoms with Crippen molar-refractivity contribution in [2.75, 3.05) is 19.5 Å². The second-order valence-electron chi connectivity index (χ2n) is 4.36. The maximum atomic E-state index is 12.3. The van der Waals surface area contributed by atoms with Crippen molar-refractivity contribution in [3.63, 3.8) is 0 Å². The largest absolute Gasteiger partial charge is 0.496 e. The number of amides is 1. The highest BCUT2D eigenvalue weighted by molar-refractivity contribution is 9.10. The van der Waals surface area contributed by atoms with E-state index in [1.165, 1.54) is 11.5 Å². The van der Waals surface area contributed by atoms with Gasteiger partial charge in [-0.05, 0) is 36.7 Å². The van der Waals surface area contributed by atoms with E-state index in [-0.39, 0.29) is 5.91 Å². The first-order valence-corrected chi connectivity index (χ1v) is 7.88. The molecule has 0 radical (unpaired) electrons. The van der Waals surface area contributed by atoms with Gasteiger partial charge in [0.2, 0.25) is 0 Å². The van der Waals surface area contributed by atoms with Gasteiger partial charge in [-0.2, -0.15) is 4.37 Å². The van der Waals surface area contributed by atoms with E-state index < -0.39 is 0 Å². The van der Waals surface area contributed by atoms with Crippen molar-refractivity contribution in [1.29, 1.82) is 0 Å². The van der Waals surface area contributed by atoms with Gasteiger partial charge in [0, 0.05) is 23.6 Å². The van der Waals surface area contributed by atoms with Crippen LogP contribution in [0.25, 0.3) is 0 Å². The Bertz CT molecular complexity index is 658. The summed E-state index contributed by atoms with van der Waals surface area (Å²) >= 11 is 4.70. The first kappa shape index (κ1) is 15.8. The summed E-state index contributed by atoms with van der Waals surface area (Å²) in [5.41, 5.74) is 2.23. The van der Waals surface area contributed by atoms with Crippen LogP contribution in [-0.4, -0.2) is 24.4 Å². The summed E-state index contributed by atoms with van der Waals surface area (Å²) in [5.74, 6) is 0.597. The minimum absolute atomic E-state index is 0.146. The third kappa shape index (κ3) is 3.54. The number of hydrogen-bond acceptors (Lipinski definition) is 5. The van der Waals surface area contributed by atoms with E-state index in [1.54, 1.807) is 14.2 Å². The number of methoxy groups -OCH3 is 1. The third-order valence-electron chi connectivity index (χ3n) is 3.00. The molecule has 0 spiro atoms. The minimum atomic E-state index is -0.146. The highest BCUT2D eigenvalue weighted by Crippen LogP contribution is 2.25. The van der Waals surface area contributed by atoms with Crippen LogP contribution in [0, 0.1) is 6.92 Å². The summed E-state index contributed by atoms with van der Waals surface area (Å²) in [7, 11) is 3.39. The predicted molar refractivity (Wildman–Crippen MR) is 88.3 cm³/mol. The van der Waals surface area contributed by atoms with Crippen LogP contribution in [0.2, 0.25) is 0 Å². The standard InChI is InChI=1S/C14H16BrN3O2S/c1-8-12(14(16-2)21-18-8)13(19)17-7-9-6-10(15)4-5-11(9)20-3/h4-6,16H,7H2,1-3H3,(H,17,19). The van der Waals surface area contributed by atoms with Gasteiger partial charge in [0.05, 0.1) is 18.4 Å². The average molecular weight is 370 g/mol. The highest BCUT2D eigenvalue weighted by Gasteiger charge is 2.17. The number of nitrogens with one attached hydrogen (secondary N) is 2. The van der Waals surface area contributed by atoms with E-state index >= 15 is 0 Å². The summed E-state index contributed by atoms with van der Waals surface area (Å²) in [6.45, 7) is 2.21. The molecule has 0 aliphatic carbocycles. The molecular weight excluding hydrogens is 354 g/mol. The Balaban J connectivity index is 2.14. The molecule has 1 heterocycles. The van der Waals surface area contributed by atoms with E-state index in [1.807, 2.05) is 25.1 Å². The molecule has 0 saturated carbocycles. The molecule has 0 aliphatic rings. The van der Waals surface area contributed by atoms with Crippen LogP contribution in [0.5, 0.6) is 5.75 Å². The number of carbonyl (C=O) groups is 1. The third-order valence-corrected chi connectivity index (χ3v) is 4.45. The number of hydrogen-bond donors (Lipinski definition) is 2. The lowest BCUT2D eigenvalue weighted by Crippen LogP contribution is -2.24. The van der Waals surface area contributed by atoms with E-state index in [0.717, 1.165) is 26.5 Å². The normalized spacial score (nSPS) is 10.3. The SMILES string of the molecule is CNc1snc(C)c1C(=O)NCc1cc(Br)ccc1OC. The number of aryl methyl sites for hydroxylation is 1. The van der Waals surface area contributed by atoms with Crippen molar-refractivity contribution >= 4 is 38.4 Å². The smallest absolute Gasteiger partial charge is 0.256 e. The van der Waals surface area contributed by atoms with Crippen molar-refractivity contribution in [3.05, 3.63) is 39.5 Å². The van der Waals surface area contributed by atoms with E-state index in [0.29, 0.717) is 12.1 Å². The quantitative estimate of drug-likeness (QED) is 0.849. The summed E-state index contributed by atoms with van der Waals surface area (Å²) in [6, 6.07) is 5.69. The summed E-state index contributed by atoms with van der Waals surface area (Å²) in [6.07, 6.45) is 0. The Morgan fingerprint density at radius 3 is 2.90 bits per heavy atom.